The summed E-state index contributed by atoms with van der Waals surface area (Å²) in [4.78, 5) is 0. The summed E-state index contributed by atoms with van der Waals surface area (Å²) in [5.74, 6) is 0.806. The average Bonchev–Trinajstić information content (AvgIpc) is 2.37. The van der Waals surface area contributed by atoms with Gasteiger partial charge in [0, 0.05) is 0 Å². The van der Waals surface area contributed by atoms with Crippen molar-refractivity contribution in [3.8, 4) is 11.8 Å². The number of halogens is 2. The van der Waals surface area contributed by atoms with Gasteiger partial charge in [0.15, 0.2) is 0 Å². The molecule has 1 aromatic carbocycles. The SMILES string of the molecule is CC(C)(C#N)CCCOc1c(Br)cc(CCN)cc1Br. The van der Waals surface area contributed by atoms with E-state index >= 15 is 0 Å². The molecule has 0 fully saturated rings. The van der Waals surface area contributed by atoms with Gasteiger partial charge in [0.05, 0.1) is 27.0 Å². The fourth-order valence-electron chi connectivity index (χ4n) is 1.81. The normalized spacial score (nSPS) is 11.2. The molecule has 2 N–H and O–H groups in total. The lowest BCUT2D eigenvalue weighted by atomic mass is 9.90. The van der Waals surface area contributed by atoms with Crippen LogP contribution in [0.3, 0.4) is 0 Å². The monoisotopic (exact) mass is 402 g/mol. The van der Waals surface area contributed by atoms with Gasteiger partial charge in [0.1, 0.15) is 5.75 Å². The summed E-state index contributed by atoms with van der Waals surface area (Å²) >= 11 is 7.05. The molecule has 1 rings (SSSR count). The van der Waals surface area contributed by atoms with Crippen LogP contribution in [0.1, 0.15) is 32.3 Å². The zero-order chi connectivity index (χ0) is 15.2. The van der Waals surface area contributed by atoms with Crippen LogP contribution < -0.4 is 10.5 Å². The van der Waals surface area contributed by atoms with E-state index < -0.39 is 0 Å². The molecule has 0 heterocycles. The molecule has 0 aliphatic rings. The van der Waals surface area contributed by atoms with E-state index in [0.29, 0.717) is 13.2 Å². The Kier molecular flexibility index (Phi) is 7.01. The van der Waals surface area contributed by atoms with Crippen LogP contribution >= 0.6 is 31.9 Å². The Morgan fingerprint density at radius 3 is 2.40 bits per heavy atom. The molecule has 110 valence electrons. The lowest BCUT2D eigenvalue weighted by molar-refractivity contribution is 0.281. The number of benzene rings is 1. The van der Waals surface area contributed by atoms with E-state index in [-0.39, 0.29) is 5.41 Å². The molecule has 5 heteroatoms. The maximum atomic E-state index is 8.96. The van der Waals surface area contributed by atoms with Crippen LogP contribution in [0.2, 0.25) is 0 Å². The summed E-state index contributed by atoms with van der Waals surface area (Å²) in [6.45, 7) is 5.11. The fraction of sp³-hybridized carbons (Fsp3) is 0.533. The van der Waals surface area contributed by atoms with Gasteiger partial charge in [0.25, 0.3) is 0 Å². The van der Waals surface area contributed by atoms with E-state index in [1.54, 1.807) is 0 Å². The number of ether oxygens (including phenoxy) is 1. The van der Waals surface area contributed by atoms with Crippen molar-refractivity contribution in [2.75, 3.05) is 13.2 Å². The summed E-state index contributed by atoms with van der Waals surface area (Å²) in [6.07, 6.45) is 2.52. The van der Waals surface area contributed by atoms with Gasteiger partial charge in [-0.2, -0.15) is 5.26 Å². The van der Waals surface area contributed by atoms with Crippen LogP contribution in [-0.4, -0.2) is 13.2 Å². The standard InChI is InChI=1S/C15H20Br2N2O/c1-15(2,10-19)5-3-7-20-14-12(16)8-11(4-6-18)9-13(14)17/h8-9H,3-7,18H2,1-2H3. The summed E-state index contributed by atoms with van der Waals surface area (Å²) in [5, 5.41) is 8.96. The van der Waals surface area contributed by atoms with Crippen molar-refractivity contribution in [3.63, 3.8) is 0 Å². The van der Waals surface area contributed by atoms with Crippen LogP contribution in [0.5, 0.6) is 5.75 Å². The zero-order valence-corrected chi connectivity index (χ0v) is 15.1. The number of nitrogens with two attached hydrogens (primary N) is 1. The Labute approximate surface area is 137 Å². The van der Waals surface area contributed by atoms with E-state index in [0.717, 1.165) is 34.0 Å². The van der Waals surface area contributed by atoms with E-state index in [4.69, 9.17) is 15.7 Å². The molecule has 0 aliphatic heterocycles. The van der Waals surface area contributed by atoms with Gasteiger partial charge in [-0.05, 0) is 89.2 Å². The highest BCUT2D eigenvalue weighted by molar-refractivity contribution is 9.11. The molecule has 0 aliphatic carbocycles. The largest absolute Gasteiger partial charge is 0.491 e. The molecule has 3 nitrogen and oxygen atoms in total. The lowest BCUT2D eigenvalue weighted by Gasteiger charge is -2.16. The smallest absolute Gasteiger partial charge is 0.147 e. The maximum Gasteiger partial charge on any atom is 0.147 e. The molecular formula is C15H20Br2N2O. The van der Waals surface area contributed by atoms with Crippen molar-refractivity contribution in [3.05, 3.63) is 26.6 Å². The van der Waals surface area contributed by atoms with Crippen molar-refractivity contribution in [1.82, 2.24) is 0 Å². The van der Waals surface area contributed by atoms with Gasteiger partial charge < -0.3 is 10.5 Å². The third-order valence-corrected chi connectivity index (χ3v) is 4.16. The minimum Gasteiger partial charge on any atom is -0.491 e. The van der Waals surface area contributed by atoms with E-state index in [1.807, 2.05) is 26.0 Å². The Morgan fingerprint density at radius 1 is 1.30 bits per heavy atom. The average molecular weight is 404 g/mol. The van der Waals surface area contributed by atoms with Crippen LogP contribution in [0, 0.1) is 16.7 Å². The number of nitrogens with zero attached hydrogens (tertiary/aromatic N) is 1. The van der Waals surface area contributed by atoms with Gasteiger partial charge >= 0.3 is 0 Å². The third-order valence-electron chi connectivity index (χ3n) is 2.99. The molecule has 0 unspecified atom stereocenters. The highest BCUT2D eigenvalue weighted by Crippen LogP contribution is 2.35. The van der Waals surface area contributed by atoms with Crippen molar-refractivity contribution in [1.29, 1.82) is 5.26 Å². The van der Waals surface area contributed by atoms with Crippen LogP contribution in [0.15, 0.2) is 21.1 Å². The molecule has 20 heavy (non-hydrogen) atoms. The topological polar surface area (TPSA) is 59.0 Å². The van der Waals surface area contributed by atoms with Gasteiger partial charge in [-0.25, -0.2) is 0 Å². The Bertz CT molecular complexity index is 472. The minimum absolute atomic E-state index is 0.289. The van der Waals surface area contributed by atoms with Crippen molar-refractivity contribution in [2.24, 2.45) is 11.1 Å². The second-order valence-electron chi connectivity index (χ2n) is 5.37. The summed E-state index contributed by atoms with van der Waals surface area (Å²) in [5.41, 5.74) is 6.44. The van der Waals surface area contributed by atoms with E-state index in [1.165, 1.54) is 5.56 Å². The number of nitriles is 1. The highest BCUT2D eigenvalue weighted by Gasteiger charge is 2.16. The van der Waals surface area contributed by atoms with Crippen LogP contribution in [0.25, 0.3) is 0 Å². The first-order valence-corrected chi connectivity index (χ1v) is 8.20. The first kappa shape index (κ1) is 17.5. The summed E-state index contributed by atoms with van der Waals surface area (Å²) in [7, 11) is 0. The summed E-state index contributed by atoms with van der Waals surface area (Å²) < 4.78 is 7.66. The van der Waals surface area contributed by atoms with Gasteiger partial charge in [-0.3, -0.25) is 0 Å². The Balaban J connectivity index is 2.59. The first-order valence-electron chi connectivity index (χ1n) is 6.61. The molecule has 1 aromatic rings. The van der Waals surface area contributed by atoms with Gasteiger partial charge in [0.2, 0.25) is 0 Å². The molecule has 0 atom stereocenters. The quantitative estimate of drug-likeness (QED) is 0.685. The second-order valence-corrected chi connectivity index (χ2v) is 7.08. The van der Waals surface area contributed by atoms with Gasteiger partial charge in [-0.1, -0.05) is 0 Å². The second kappa shape index (κ2) is 8.02. The summed E-state index contributed by atoms with van der Waals surface area (Å²) in [6, 6.07) is 6.37. The first-order chi connectivity index (χ1) is 9.39. The van der Waals surface area contributed by atoms with Crippen LogP contribution in [-0.2, 0) is 6.42 Å². The molecule has 0 aromatic heterocycles. The maximum absolute atomic E-state index is 8.96. The predicted octanol–water partition coefficient (Wildman–Crippen LogP) is 4.42. The molecular weight excluding hydrogens is 384 g/mol. The van der Waals surface area contributed by atoms with Gasteiger partial charge in [-0.15, -0.1) is 0 Å². The minimum atomic E-state index is -0.289. The number of rotatable bonds is 7. The third kappa shape index (κ3) is 5.43. The number of hydrogen-bond acceptors (Lipinski definition) is 3. The highest BCUT2D eigenvalue weighted by atomic mass is 79.9. The van der Waals surface area contributed by atoms with Crippen molar-refractivity contribution < 1.29 is 4.74 Å². The molecule has 0 amide bonds. The van der Waals surface area contributed by atoms with E-state index in [2.05, 4.69) is 37.9 Å². The molecule has 0 spiro atoms. The lowest BCUT2D eigenvalue weighted by Crippen LogP contribution is -2.10. The fourth-order valence-corrected chi connectivity index (χ4v) is 3.32. The molecule has 0 saturated carbocycles. The molecule has 0 radical (unpaired) electrons. The Morgan fingerprint density at radius 2 is 1.90 bits per heavy atom. The zero-order valence-electron chi connectivity index (χ0n) is 11.9. The van der Waals surface area contributed by atoms with Crippen molar-refractivity contribution >= 4 is 31.9 Å². The molecule has 0 bridgehead atoms. The predicted molar refractivity (Wildman–Crippen MR) is 88.7 cm³/mol. The Hall–Kier alpha value is -0.570. The number of hydrogen-bond donors (Lipinski definition) is 1. The molecule has 0 saturated heterocycles. The van der Waals surface area contributed by atoms with E-state index in [9.17, 15) is 0 Å². The van der Waals surface area contributed by atoms with Crippen LogP contribution in [0.4, 0.5) is 0 Å². The van der Waals surface area contributed by atoms with Crippen molar-refractivity contribution in [2.45, 2.75) is 33.1 Å².